The molecule has 2 aliphatic carbocycles. The number of hydrogen-bond acceptors (Lipinski definition) is 4. The van der Waals surface area contributed by atoms with E-state index in [0.717, 1.165) is 28.6 Å². The molecule has 2 atom stereocenters. The van der Waals surface area contributed by atoms with Gasteiger partial charge in [0.05, 0.1) is 15.6 Å². The lowest BCUT2D eigenvalue weighted by Crippen LogP contribution is -2.02. The molecule has 0 bridgehead atoms. The Hall–Kier alpha value is -1.03. The summed E-state index contributed by atoms with van der Waals surface area (Å²) in [4.78, 5) is 12.7. The number of hydrogen-bond donors (Lipinski definition) is 2. The van der Waals surface area contributed by atoms with Crippen molar-refractivity contribution >= 4 is 27.8 Å². The van der Waals surface area contributed by atoms with Crippen LogP contribution < -0.4 is 11.1 Å². The average Bonchev–Trinajstić information content (AvgIpc) is 3.18. The van der Waals surface area contributed by atoms with Crippen molar-refractivity contribution in [1.82, 2.24) is 0 Å². The minimum Gasteiger partial charge on any atom is -0.397 e. The van der Waals surface area contributed by atoms with E-state index in [-0.39, 0.29) is 11.7 Å². The first-order valence-electron chi connectivity index (χ1n) is 6.39. The lowest BCUT2D eigenvalue weighted by atomic mass is 10.2. The summed E-state index contributed by atoms with van der Waals surface area (Å²) < 4.78 is 0. The predicted octanol–water partition coefficient (Wildman–Crippen LogP) is 3.13. The highest BCUT2D eigenvalue weighted by Crippen LogP contribution is 2.41. The predicted molar refractivity (Wildman–Crippen MR) is 71.6 cm³/mol. The molecule has 1 heterocycles. The summed E-state index contributed by atoms with van der Waals surface area (Å²) in [5.41, 5.74) is 6.58. The number of nitrogen functional groups attached to an aromatic ring is 1. The standard InChI is InChI=1S/C13H18N2OS/c1-2-7-5-10(7)15-11-6-9(14)13(17-11)12(16)8-3-4-8/h6-8,10,15H,2-5,14H2,1H3. The van der Waals surface area contributed by atoms with Gasteiger partial charge in [0.2, 0.25) is 0 Å². The molecule has 2 unspecified atom stereocenters. The summed E-state index contributed by atoms with van der Waals surface area (Å²) in [5, 5.41) is 4.54. The van der Waals surface area contributed by atoms with Gasteiger partial charge >= 0.3 is 0 Å². The molecule has 4 heteroatoms. The third-order valence-electron chi connectivity index (χ3n) is 3.71. The van der Waals surface area contributed by atoms with Gasteiger partial charge < -0.3 is 11.1 Å². The molecule has 1 aromatic heterocycles. The second-order valence-electron chi connectivity index (χ2n) is 5.19. The first-order valence-corrected chi connectivity index (χ1v) is 7.20. The van der Waals surface area contributed by atoms with Crippen LogP contribution in [0.3, 0.4) is 0 Å². The molecule has 0 spiro atoms. The number of nitrogens with two attached hydrogens (primary N) is 1. The Morgan fingerprint density at radius 2 is 2.35 bits per heavy atom. The molecule has 2 saturated carbocycles. The second-order valence-corrected chi connectivity index (χ2v) is 6.24. The molecule has 2 aliphatic rings. The van der Waals surface area contributed by atoms with Gasteiger partial charge in [0.1, 0.15) is 0 Å². The third-order valence-corrected chi connectivity index (χ3v) is 4.80. The fraction of sp³-hybridized carbons (Fsp3) is 0.615. The van der Waals surface area contributed by atoms with Gasteiger partial charge in [0, 0.05) is 12.0 Å². The zero-order chi connectivity index (χ0) is 12.0. The van der Waals surface area contributed by atoms with E-state index in [1.807, 2.05) is 6.07 Å². The maximum Gasteiger partial charge on any atom is 0.178 e. The van der Waals surface area contributed by atoms with Gasteiger partial charge in [-0.2, -0.15) is 0 Å². The zero-order valence-corrected chi connectivity index (χ0v) is 10.8. The van der Waals surface area contributed by atoms with Gasteiger partial charge in [0.15, 0.2) is 5.78 Å². The van der Waals surface area contributed by atoms with Gasteiger partial charge in [-0.15, -0.1) is 11.3 Å². The Morgan fingerprint density at radius 1 is 1.59 bits per heavy atom. The van der Waals surface area contributed by atoms with Crippen LogP contribution in [0.25, 0.3) is 0 Å². The molecule has 3 nitrogen and oxygen atoms in total. The maximum atomic E-state index is 12.0. The van der Waals surface area contributed by atoms with Crippen molar-refractivity contribution in [3.63, 3.8) is 0 Å². The summed E-state index contributed by atoms with van der Waals surface area (Å²) in [7, 11) is 0. The van der Waals surface area contributed by atoms with Crippen LogP contribution in [0.4, 0.5) is 10.7 Å². The van der Waals surface area contributed by atoms with Crippen LogP contribution in [0.1, 0.15) is 42.3 Å². The summed E-state index contributed by atoms with van der Waals surface area (Å²) in [6.45, 7) is 2.22. The summed E-state index contributed by atoms with van der Waals surface area (Å²) in [6, 6.07) is 2.52. The largest absolute Gasteiger partial charge is 0.397 e. The van der Waals surface area contributed by atoms with Gasteiger partial charge in [0.25, 0.3) is 0 Å². The van der Waals surface area contributed by atoms with Crippen molar-refractivity contribution in [2.45, 2.75) is 38.6 Å². The zero-order valence-electron chi connectivity index (χ0n) is 10.0. The SMILES string of the molecule is CCC1CC1Nc1cc(N)c(C(=O)C2CC2)s1. The molecule has 92 valence electrons. The molecule has 1 aromatic rings. The molecule has 0 amide bonds. The fourth-order valence-corrected chi connectivity index (χ4v) is 3.32. The monoisotopic (exact) mass is 250 g/mol. The van der Waals surface area contributed by atoms with Crippen LogP contribution in [0.15, 0.2) is 6.07 Å². The minimum absolute atomic E-state index is 0.253. The van der Waals surface area contributed by atoms with E-state index < -0.39 is 0 Å². The van der Waals surface area contributed by atoms with E-state index in [0.29, 0.717) is 11.7 Å². The minimum atomic E-state index is 0.253. The lowest BCUT2D eigenvalue weighted by molar-refractivity contribution is 0.0972. The molecular formula is C13H18N2OS. The van der Waals surface area contributed by atoms with E-state index in [1.54, 1.807) is 0 Å². The molecule has 3 rings (SSSR count). The first kappa shape index (κ1) is 11.1. The highest BCUT2D eigenvalue weighted by Gasteiger charge is 2.36. The molecular weight excluding hydrogens is 232 g/mol. The number of Topliss-reactive ketones (excluding diaryl/α,β-unsaturated/α-hetero) is 1. The number of thiophene rings is 1. The van der Waals surface area contributed by atoms with E-state index in [2.05, 4.69) is 12.2 Å². The molecule has 0 aliphatic heterocycles. The smallest absolute Gasteiger partial charge is 0.178 e. The molecule has 0 aromatic carbocycles. The summed E-state index contributed by atoms with van der Waals surface area (Å²) in [5.74, 6) is 1.32. The lowest BCUT2D eigenvalue weighted by Gasteiger charge is -2.00. The quantitative estimate of drug-likeness (QED) is 0.789. The summed E-state index contributed by atoms with van der Waals surface area (Å²) >= 11 is 1.53. The number of carbonyl (C=O) groups excluding carboxylic acids is 1. The Labute approximate surface area is 105 Å². The highest BCUT2D eigenvalue weighted by molar-refractivity contribution is 7.18. The Balaban J connectivity index is 1.69. The Bertz CT molecular complexity index is 450. The normalized spacial score (nSPS) is 26.9. The third kappa shape index (κ3) is 2.18. The van der Waals surface area contributed by atoms with Crippen LogP contribution in [0.5, 0.6) is 0 Å². The fourth-order valence-electron chi connectivity index (χ4n) is 2.26. The average molecular weight is 250 g/mol. The number of ketones is 1. The van der Waals surface area contributed by atoms with E-state index in [1.165, 1.54) is 24.2 Å². The first-order chi connectivity index (χ1) is 8.19. The second kappa shape index (κ2) is 4.02. The van der Waals surface area contributed by atoms with Gasteiger partial charge in [-0.1, -0.05) is 13.3 Å². The maximum absolute atomic E-state index is 12.0. The van der Waals surface area contributed by atoms with E-state index in [4.69, 9.17) is 5.73 Å². The topological polar surface area (TPSA) is 55.1 Å². The number of nitrogens with one attached hydrogen (secondary N) is 1. The number of carbonyl (C=O) groups is 1. The molecule has 0 radical (unpaired) electrons. The van der Waals surface area contributed by atoms with E-state index >= 15 is 0 Å². The molecule has 17 heavy (non-hydrogen) atoms. The van der Waals surface area contributed by atoms with Gasteiger partial charge in [-0.05, 0) is 31.2 Å². The van der Waals surface area contributed by atoms with Crippen molar-refractivity contribution in [3.05, 3.63) is 10.9 Å². The van der Waals surface area contributed by atoms with Crippen LogP contribution >= 0.6 is 11.3 Å². The number of anilines is 2. The van der Waals surface area contributed by atoms with Gasteiger partial charge in [-0.25, -0.2) is 0 Å². The van der Waals surface area contributed by atoms with Crippen molar-refractivity contribution < 1.29 is 4.79 Å². The Kier molecular flexibility index (Phi) is 2.62. The van der Waals surface area contributed by atoms with Gasteiger partial charge in [-0.3, -0.25) is 4.79 Å². The van der Waals surface area contributed by atoms with Crippen LogP contribution in [0.2, 0.25) is 0 Å². The molecule has 0 saturated heterocycles. The van der Waals surface area contributed by atoms with Crippen LogP contribution in [-0.4, -0.2) is 11.8 Å². The van der Waals surface area contributed by atoms with Crippen molar-refractivity contribution in [2.24, 2.45) is 11.8 Å². The summed E-state index contributed by atoms with van der Waals surface area (Å²) in [6.07, 6.45) is 4.56. The molecule has 2 fully saturated rings. The van der Waals surface area contributed by atoms with Crippen molar-refractivity contribution in [2.75, 3.05) is 11.1 Å². The van der Waals surface area contributed by atoms with Crippen LogP contribution in [-0.2, 0) is 0 Å². The van der Waals surface area contributed by atoms with Crippen LogP contribution in [0, 0.1) is 11.8 Å². The highest BCUT2D eigenvalue weighted by atomic mass is 32.1. The van der Waals surface area contributed by atoms with Crippen molar-refractivity contribution in [1.29, 1.82) is 0 Å². The Morgan fingerprint density at radius 3 is 2.94 bits per heavy atom. The molecule has 3 N–H and O–H groups in total. The van der Waals surface area contributed by atoms with E-state index in [9.17, 15) is 4.79 Å². The van der Waals surface area contributed by atoms with Crippen molar-refractivity contribution in [3.8, 4) is 0 Å². The number of rotatable bonds is 5.